The number of hydrogen-bond acceptors (Lipinski definition) is 5. The molecule has 9 heteroatoms. The molecule has 1 N–H and O–H groups in total. The van der Waals surface area contributed by atoms with Crippen LogP contribution in [-0.4, -0.2) is 44.2 Å². The van der Waals surface area contributed by atoms with Crippen molar-refractivity contribution < 1.29 is 18.1 Å². The van der Waals surface area contributed by atoms with E-state index in [1.807, 2.05) is 0 Å². The summed E-state index contributed by atoms with van der Waals surface area (Å²) in [5, 5.41) is 10.6. The Morgan fingerprint density at radius 3 is 2.92 bits per heavy atom. The van der Waals surface area contributed by atoms with Crippen LogP contribution in [0.3, 0.4) is 0 Å². The number of carbonyl (C=O) groups excluding carboxylic acids is 1. The first kappa shape index (κ1) is 16.4. The molecule has 1 aromatic carbocycles. The largest absolute Gasteiger partial charge is 0.338 e. The summed E-state index contributed by atoms with van der Waals surface area (Å²) in [5.41, 5.74) is 0.741. The second kappa shape index (κ2) is 6.66. The molecule has 2 aromatic heterocycles. The maximum atomic E-state index is 13.4. The van der Waals surface area contributed by atoms with Gasteiger partial charge >= 0.3 is 0 Å². The van der Waals surface area contributed by atoms with Gasteiger partial charge in [0, 0.05) is 30.8 Å². The smallest absolute Gasteiger partial charge is 0.275 e. The fourth-order valence-corrected chi connectivity index (χ4v) is 3.07. The van der Waals surface area contributed by atoms with Gasteiger partial charge in [0.15, 0.2) is 17.5 Å². The molecule has 0 radical (unpaired) electrons. The number of piperidine rings is 1. The Morgan fingerprint density at radius 2 is 2.15 bits per heavy atom. The quantitative estimate of drug-likeness (QED) is 0.777. The molecule has 3 heterocycles. The molecular weight excluding hydrogens is 344 g/mol. The summed E-state index contributed by atoms with van der Waals surface area (Å²) in [5.74, 6) is -1.59. The molecule has 1 saturated heterocycles. The molecule has 0 saturated carbocycles. The lowest BCUT2D eigenvalue weighted by atomic mass is 9.96. The number of halogens is 2. The van der Waals surface area contributed by atoms with Crippen LogP contribution in [-0.2, 0) is 0 Å². The lowest BCUT2D eigenvalue weighted by Crippen LogP contribution is -2.39. The van der Waals surface area contributed by atoms with Crippen LogP contribution < -0.4 is 0 Å². The number of carbonyl (C=O) groups is 1. The number of nitrogens with one attached hydrogen (secondary N) is 1. The maximum Gasteiger partial charge on any atom is 0.275 e. The second-order valence-electron chi connectivity index (χ2n) is 6.15. The first-order chi connectivity index (χ1) is 12.6. The predicted molar refractivity (Wildman–Crippen MR) is 86.1 cm³/mol. The van der Waals surface area contributed by atoms with E-state index < -0.39 is 11.6 Å². The number of hydrogen-bond donors (Lipinski definition) is 1. The first-order valence-electron chi connectivity index (χ1n) is 8.19. The monoisotopic (exact) mass is 359 g/mol. The van der Waals surface area contributed by atoms with Crippen molar-refractivity contribution in [3.63, 3.8) is 0 Å². The van der Waals surface area contributed by atoms with Crippen molar-refractivity contribution in [3.05, 3.63) is 53.5 Å². The van der Waals surface area contributed by atoms with Gasteiger partial charge in [0.2, 0.25) is 0 Å². The van der Waals surface area contributed by atoms with Crippen LogP contribution in [0.4, 0.5) is 8.78 Å². The van der Waals surface area contributed by atoms with Gasteiger partial charge < -0.3 is 9.42 Å². The second-order valence-corrected chi connectivity index (χ2v) is 6.15. The van der Waals surface area contributed by atoms with Crippen LogP contribution in [0.2, 0.25) is 0 Å². The third-order valence-corrected chi connectivity index (χ3v) is 4.41. The van der Waals surface area contributed by atoms with Crippen molar-refractivity contribution in [1.82, 2.24) is 25.2 Å². The van der Waals surface area contributed by atoms with E-state index in [0.29, 0.717) is 30.5 Å². The van der Waals surface area contributed by atoms with Crippen molar-refractivity contribution in [2.75, 3.05) is 13.1 Å². The number of likely N-dealkylation sites (tertiary alicyclic amines) is 1. The van der Waals surface area contributed by atoms with E-state index in [9.17, 15) is 13.6 Å². The van der Waals surface area contributed by atoms with E-state index in [2.05, 4.69) is 20.3 Å². The van der Waals surface area contributed by atoms with Gasteiger partial charge in [-0.15, -0.1) is 0 Å². The molecule has 1 aliphatic heterocycles. The number of aromatic nitrogens is 4. The molecule has 4 rings (SSSR count). The summed E-state index contributed by atoms with van der Waals surface area (Å²) in [6, 6.07) is 4.89. The molecule has 0 spiro atoms. The van der Waals surface area contributed by atoms with Gasteiger partial charge in [-0.05, 0) is 37.1 Å². The van der Waals surface area contributed by atoms with Gasteiger partial charge in [-0.3, -0.25) is 9.89 Å². The van der Waals surface area contributed by atoms with E-state index in [-0.39, 0.29) is 17.4 Å². The number of benzene rings is 1. The minimum atomic E-state index is -1.04. The highest BCUT2D eigenvalue weighted by Crippen LogP contribution is 2.27. The maximum absolute atomic E-state index is 13.4. The van der Waals surface area contributed by atoms with E-state index in [0.717, 1.165) is 25.0 Å². The average molecular weight is 359 g/mol. The van der Waals surface area contributed by atoms with Gasteiger partial charge in [0.05, 0.1) is 0 Å². The van der Waals surface area contributed by atoms with Crippen LogP contribution >= 0.6 is 0 Å². The summed E-state index contributed by atoms with van der Waals surface area (Å²) >= 11 is 0. The number of rotatable bonds is 3. The minimum absolute atomic E-state index is 0.0848. The summed E-state index contributed by atoms with van der Waals surface area (Å²) in [4.78, 5) is 18.6. The Morgan fingerprint density at radius 1 is 1.27 bits per heavy atom. The Kier molecular flexibility index (Phi) is 4.19. The van der Waals surface area contributed by atoms with Gasteiger partial charge in [0.1, 0.15) is 5.69 Å². The molecule has 26 heavy (non-hydrogen) atoms. The Bertz CT molecular complexity index is 925. The van der Waals surface area contributed by atoms with Crippen molar-refractivity contribution in [1.29, 1.82) is 0 Å². The van der Waals surface area contributed by atoms with Crippen LogP contribution in [0, 0.1) is 11.6 Å². The molecule has 1 atom stereocenters. The molecule has 7 nitrogen and oxygen atoms in total. The fraction of sp³-hybridized carbons (Fsp3) is 0.294. The summed E-state index contributed by atoms with van der Waals surface area (Å²) in [6.07, 6.45) is 3.15. The van der Waals surface area contributed by atoms with Crippen molar-refractivity contribution in [3.8, 4) is 11.6 Å². The van der Waals surface area contributed by atoms with Gasteiger partial charge in [-0.25, -0.2) is 8.78 Å². The lowest BCUT2D eigenvalue weighted by Gasteiger charge is -2.31. The number of aromatic amines is 1. The highest BCUT2D eigenvalue weighted by atomic mass is 19.2. The molecule has 134 valence electrons. The Balaban J connectivity index is 1.50. The van der Waals surface area contributed by atoms with Crippen molar-refractivity contribution in [2.24, 2.45) is 0 Å². The Hall–Kier alpha value is -3.10. The number of nitrogens with zero attached hydrogens (tertiary/aromatic N) is 4. The minimum Gasteiger partial charge on any atom is -0.338 e. The highest BCUT2D eigenvalue weighted by molar-refractivity contribution is 5.94. The van der Waals surface area contributed by atoms with E-state index >= 15 is 0 Å². The fourth-order valence-electron chi connectivity index (χ4n) is 3.07. The van der Waals surface area contributed by atoms with Gasteiger partial charge in [-0.1, -0.05) is 5.16 Å². The normalized spacial score (nSPS) is 17.5. The van der Waals surface area contributed by atoms with Gasteiger partial charge in [-0.2, -0.15) is 10.1 Å². The van der Waals surface area contributed by atoms with E-state index in [1.54, 1.807) is 17.2 Å². The van der Waals surface area contributed by atoms with Crippen LogP contribution in [0.5, 0.6) is 0 Å². The third kappa shape index (κ3) is 3.07. The molecule has 1 amide bonds. The SMILES string of the molecule is O=C(c1ccc(F)c(F)c1)N1CCCC(c2noc(-c3ccn[nH]3)n2)C1. The topological polar surface area (TPSA) is 87.9 Å². The van der Waals surface area contributed by atoms with E-state index in [1.165, 1.54) is 6.07 Å². The molecule has 0 aliphatic carbocycles. The molecule has 1 aliphatic rings. The molecule has 1 fully saturated rings. The molecular formula is C17H15F2N5O2. The van der Waals surface area contributed by atoms with Crippen LogP contribution in [0.25, 0.3) is 11.6 Å². The zero-order valence-corrected chi connectivity index (χ0v) is 13.7. The summed E-state index contributed by atoms with van der Waals surface area (Å²) in [7, 11) is 0. The standard InChI is InChI=1S/C17H15F2N5O2/c18-12-4-3-10(8-13(12)19)17(25)24-7-1-2-11(9-24)15-21-16(26-23-15)14-5-6-20-22-14/h3-6,8,11H,1-2,7,9H2,(H,20,22). The zero-order chi connectivity index (χ0) is 18.1. The summed E-state index contributed by atoms with van der Waals surface area (Å²) < 4.78 is 31.7. The summed E-state index contributed by atoms with van der Waals surface area (Å²) in [6.45, 7) is 0.930. The zero-order valence-electron chi connectivity index (χ0n) is 13.7. The van der Waals surface area contributed by atoms with Crippen LogP contribution in [0.1, 0.15) is 34.9 Å². The number of amides is 1. The van der Waals surface area contributed by atoms with Gasteiger partial charge in [0.25, 0.3) is 11.8 Å². The average Bonchev–Trinajstić information content (AvgIpc) is 3.35. The molecule has 1 unspecified atom stereocenters. The number of H-pyrrole nitrogens is 1. The first-order valence-corrected chi connectivity index (χ1v) is 8.19. The molecule has 3 aromatic rings. The lowest BCUT2D eigenvalue weighted by molar-refractivity contribution is 0.0703. The van der Waals surface area contributed by atoms with E-state index in [4.69, 9.17) is 4.52 Å². The van der Waals surface area contributed by atoms with Crippen molar-refractivity contribution >= 4 is 5.91 Å². The Labute approximate surface area is 147 Å². The molecule has 0 bridgehead atoms. The highest BCUT2D eigenvalue weighted by Gasteiger charge is 2.29. The van der Waals surface area contributed by atoms with Crippen LogP contribution in [0.15, 0.2) is 35.0 Å². The third-order valence-electron chi connectivity index (χ3n) is 4.41. The predicted octanol–water partition coefficient (Wildman–Crippen LogP) is 2.76. The van der Waals surface area contributed by atoms with Crippen molar-refractivity contribution in [2.45, 2.75) is 18.8 Å².